The molecule has 0 bridgehead atoms. The Bertz CT molecular complexity index is 1430. The fraction of sp³-hybridized carbons (Fsp3) is 0.190. The number of hydrogen-bond donors (Lipinski definition) is 2. The second-order valence-corrected chi connectivity index (χ2v) is 7.28. The van der Waals surface area contributed by atoms with Gasteiger partial charge in [-0.25, -0.2) is 14.4 Å². The summed E-state index contributed by atoms with van der Waals surface area (Å²) in [6, 6.07) is 6.57. The van der Waals surface area contributed by atoms with Crippen molar-refractivity contribution in [2.75, 3.05) is 11.9 Å². The van der Waals surface area contributed by atoms with Gasteiger partial charge in [0.25, 0.3) is 5.91 Å². The average Bonchev–Trinajstić information content (AvgIpc) is 3.50. The summed E-state index contributed by atoms with van der Waals surface area (Å²) in [5.74, 6) is 0.0851. The second kappa shape index (κ2) is 7.35. The van der Waals surface area contributed by atoms with Crippen molar-refractivity contribution in [2.24, 2.45) is 12.8 Å². The molecule has 1 amide bonds. The number of nitrogens with two attached hydrogens (primary N) is 1. The Balaban J connectivity index is 1.56. The molecule has 32 heavy (non-hydrogen) atoms. The number of nitrogens with zero attached hydrogens (tertiary/aromatic N) is 6. The van der Waals surface area contributed by atoms with Gasteiger partial charge in [0.1, 0.15) is 17.6 Å². The Hall–Kier alpha value is -4.46. The number of anilines is 1. The maximum absolute atomic E-state index is 14.5. The summed E-state index contributed by atoms with van der Waals surface area (Å²) < 4.78 is 23.1. The number of benzene rings is 1. The van der Waals surface area contributed by atoms with E-state index in [1.165, 1.54) is 23.0 Å². The van der Waals surface area contributed by atoms with E-state index in [9.17, 15) is 14.4 Å². The van der Waals surface area contributed by atoms with Gasteiger partial charge in [0.05, 0.1) is 24.1 Å². The minimum absolute atomic E-state index is 0.102. The van der Waals surface area contributed by atoms with Crippen molar-refractivity contribution in [2.45, 2.75) is 13.0 Å². The highest BCUT2D eigenvalue weighted by atomic mass is 19.1. The highest BCUT2D eigenvalue weighted by Crippen LogP contribution is 2.31. The predicted molar refractivity (Wildman–Crippen MR) is 111 cm³/mol. The first kappa shape index (κ1) is 19.5. The number of carbonyl (C=O) groups excluding carboxylic acids is 1. The first-order valence-electron chi connectivity index (χ1n) is 9.75. The lowest BCUT2D eigenvalue weighted by molar-refractivity contribution is 0.0995. The Labute approximate surface area is 181 Å². The molecule has 10 nitrogen and oxygen atoms in total. The average molecular weight is 432 g/mol. The highest BCUT2D eigenvalue weighted by Gasteiger charge is 2.21. The van der Waals surface area contributed by atoms with E-state index in [2.05, 4.69) is 20.4 Å². The quantitative estimate of drug-likeness (QED) is 0.491. The van der Waals surface area contributed by atoms with Crippen molar-refractivity contribution in [3.63, 3.8) is 0 Å². The van der Waals surface area contributed by atoms with Crippen molar-refractivity contribution in [1.82, 2.24) is 24.1 Å². The van der Waals surface area contributed by atoms with E-state index < -0.39 is 5.91 Å². The standard InChI is InChI=1S/C21H17FN8O2/c1-29-17(6-16(28-29)19(24)31)14-9-26-21(30-10-11(7-23)27-20(14)30)25-8-13-12-4-5-32-18(12)3-2-15(13)22/h2-3,6,9-10H,4-5,8H2,1H3,(H2,24,31)(H,25,26). The van der Waals surface area contributed by atoms with Crippen molar-refractivity contribution < 1.29 is 13.9 Å². The molecule has 4 heterocycles. The monoisotopic (exact) mass is 432 g/mol. The molecule has 5 rings (SSSR count). The van der Waals surface area contributed by atoms with Crippen LogP contribution in [0, 0.1) is 17.1 Å². The number of imidazole rings is 1. The van der Waals surface area contributed by atoms with Crippen LogP contribution in [-0.2, 0) is 20.0 Å². The van der Waals surface area contributed by atoms with E-state index in [0.29, 0.717) is 47.2 Å². The smallest absolute Gasteiger partial charge is 0.269 e. The van der Waals surface area contributed by atoms with Gasteiger partial charge in [0, 0.05) is 37.3 Å². The van der Waals surface area contributed by atoms with Gasteiger partial charge in [-0.3, -0.25) is 13.9 Å². The highest BCUT2D eigenvalue weighted by molar-refractivity contribution is 5.92. The number of primary amides is 1. The molecular formula is C21H17FN8O2. The minimum atomic E-state index is -0.656. The number of aryl methyl sites for hydroxylation is 1. The fourth-order valence-electron chi connectivity index (χ4n) is 3.86. The van der Waals surface area contributed by atoms with Crippen molar-refractivity contribution in [1.29, 1.82) is 5.26 Å². The summed E-state index contributed by atoms with van der Waals surface area (Å²) in [5, 5.41) is 16.6. The summed E-state index contributed by atoms with van der Waals surface area (Å²) in [7, 11) is 1.67. The van der Waals surface area contributed by atoms with Crippen molar-refractivity contribution in [3.8, 4) is 23.1 Å². The van der Waals surface area contributed by atoms with Crippen LogP contribution in [0.4, 0.5) is 10.3 Å². The second-order valence-electron chi connectivity index (χ2n) is 7.28. The van der Waals surface area contributed by atoms with Gasteiger partial charge in [0.2, 0.25) is 5.95 Å². The van der Waals surface area contributed by atoms with Gasteiger partial charge in [-0.2, -0.15) is 10.4 Å². The number of nitriles is 1. The van der Waals surface area contributed by atoms with Crippen LogP contribution in [0.3, 0.4) is 0 Å². The molecule has 0 atom stereocenters. The number of ether oxygens (including phenoxy) is 1. The molecule has 1 aromatic carbocycles. The van der Waals surface area contributed by atoms with Crippen LogP contribution in [0.25, 0.3) is 16.9 Å². The molecule has 3 N–H and O–H groups in total. The van der Waals surface area contributed by atoms with Gasteiger partial charge >= 0.3 is 0 Å². The maximum atomic E-state index is 14.5. The number of nitrogens with one attached hydrogen (secondary N) is 1. The molecule has 3 aromatic heterocycles. The molecule has 1 aliphatic rings. The third kappa shape index (κ3) is 3.09. The maximum Gasteiger partial charge on any atom is 0.269 e. The van der Waals surface area contributed by atoms with E-state index in [1.54, 1.807) is 23.7 Å². The Kier molecular flexibility index (Phi) is 4.48. The number of fused-ring (bicyclic) bond motifs is 2. The summed E-state index contributed by atoms with van der Waals surface area (Å²) in [6.45, 7) is 0.700. The molecule has 1 aliphatic heterocycles. The lowest BCUT2D eigenvalue weighted by Gasteiger charge is -2.13. The third-order valence-electron chi connectivity index (χ3n) is 5.38. The van der Waals surface area contributed by atoms with Gasteiger partial charge in [-0.05, 0) is 18.2 Å². The molecule has 0 unspecified atom stereocenters. The van der Waals surface area contributed by atoms with Crippen LogP contribution in [0.1, 0.15) is 27.3 Å². The molecule has 0 saturated carbocycles. The van der Waals surface area contributed by atoms with Crippen LogP contribution in [0.15, 0.2) is 30.6 Å². The summed E-state index contributed by atoms with van der Waals surface area (Å²) >= 11 is 0. The first-order chi connectivity index (χ1) is 15.5. The molecule has 160 valence electrons. The third-order valence-corrected chi connectivity index (χ3v) is 5.38. The number of halogens is 1. The summed E-state index contributed by atoms with van der Waals surface area (Å²) in [5.41, 5.74) is 8.51. The summed E-state index contributed by atoms with van der Waals surface area (Å²) in [4.78, 5) is 20.3. The van der Waals surface area contributed by atoms with Crippen molar-refractivity contribution >= 4 is 17.5 Å². The van der Waals surface area contributed by atoms with Crippen LogP contribution in [0.2, 0.25) is 0 Å². The van der Waals surface area contributed by atoms with Crippen LogP contribution < -0.4 is 15.8 Å². The lowest BCUT2D eigenvalue weighted by Crippen LogP contribution is -2.11. The number of amides is 1. The SMILES string of the molecule is Cn1nc(C(N)=O)cc1-c1cnc(NCc2c(F)ccc3c2CCO3)n2cc(C#N)nc12. The topological polar surface area (TPSA) is 136 Å². The number of carbonyl (C=O) groups is 1. The number of aromatic nitrogens is 5. The van der Waals surface area contributed by atoms with E-state index in [-0.39, 0.29) is 23.7 Å². The minimum Gasteiger partial charge on any atom is -0.493 e. The molecule has 0 saturated heterocycles. The van der Waals surface area contributed by atoms with E-state index in [4.69, 9.17) is 10.5 Å². The largest absolute Gasteiger partial charge is 0.493 e. The predicted octanol–water partition coefficient (Wildman–Crippen LogP) is 1.79. The number of hydrogen-bond acceptors (Lipinski definition) is 7. The molecule has 0 aliphatic carbocycles. The Morgan fingerprint density at radius 2 is 2.28 bits per heavy atom. The normalized spacial score (nSPS) is 12.4. The van der Waals surface area contributed by atoms with Gasteiger partial charge in [-0.1, -0.05) is 0 Å². The van der Waals surface area contributed by atoms with Gasteiger partial charge in [-0.15, -0.1) is 0 Å². The van der Waals surface area contributed by atoms with E-state index in [0.717, 1.165) is 5.56 Å². The Morgan fingerprint density at radius 1 is 1.44 bits per heavy atom. The first-order valence-corrected chi connectivity index (χ1v) is 9.75. The van der Waals surface area contributed by atoms with Gasteiger partial charge < -0.3 is 15.8 Å². The zero-order valence-electron chi connectivity index (χ0n) is 17.0. The van der Waals surface area contributed by atoms with Crippen LogP contribution >= 0.6 is 0 Å². The lowest BCUT2D eigenvalue weighted by atomic mass is 10.0. The molecule has 4 aromatic rings. The Morgan fingerprint density at radius 3 is 3.03 bits per heavy atom. The zero-order chi connectivity index (χ0) is 22.4. The molecule has 0 fully saturated rings. The van der Waals surface area contributed by atoms with Crippen LogP contribution in [-0.4, -0.2) is 36.7 Å². The number of rotatable bonds is 5. The fourth-order valence-corrected chi connectivity index (χ4v) is 3.86. The molecular weight excluding hydrogens is 415 g/mol. The van der Waals surface area contributed by atoms with E-state index in [1.807, 2.05) is 6.07 Å². The summed E-state index contributed by atoms with van der Waals surface area (Å²) in [6.07, 6.45) is 3.73. The van der Waals surface area contributed by atoms with Crippen molar-refractivity contribution in [3.05, 3.63) is 58.9 Å². The van der Waals surface area contributed by atoms with Gasteiger partial charge in [0.15, 0.2) is 17.0 Å². The zero-order valence-corrected chi connectivity index (χ0v) is 17.0. The molecule has 0 spiro atoms. The molecule has 11 heteroatoms. The van der Waals surface area contributed by atoms with E-state index >= 15 is 0 Å². The molecule has 0 radical (unpaired) electrons. The van der Waals surface area contributed by atoms with Crippen LogP contribution in [0.5, 0.6) is 5.75 Å².